The highest BCUT2D eigenvalue weighted by Gasteiger charge is 2.19. The minimum Gasteiger partial charge on any atom is -0.456 e. The molecule has 0 radical (unpaired) electrons. The number of hydrogen-bond donors (Lipinski definition) is 0. The second-order valence-corrected chi connectivity index (χ2v) is 13.7. The van der Waals surface area contributed by atoms with Gasteiger partial charge in [-0.2, -0.15) is 0 Å². The summed E-state index contributed by atoms with van der Waals surface area (Å²) in [5.41, 5.74) is 6.53. The van der Waals surface area contributed by atoms with Crippen molar-refractivity contribution < 1.29 is 4.42 Å². The number of aromatic nitrogens is 3. The Labute approximate surface area is 304 Å². The van der Waals surface area contributed by atoms with Gasteiger partial charge in [0, 0.05) is 27.5 Å². The van der Waals surface area contributed by atoms with Crippen molar-refractivity contribution in [2.75, 3.05) is 0 Å². The van der Waals surface area contributed by atoms with Crippen molar-refractivity contribution in [3.8, 4) is 45.3 Å². The molecule has 2 heterocycles. The lowest BCUT2D eigenvalue weighted by Gasteiger charge is -2.12. The maximum Gasteiger partial charge on any atom is 0.164 e. The molecule has 11 rings (SSSR count). The van der Waals surface area contributed by atoms with E-state index in [1.807, 2.05) is 6.07 Å². The lowest BCUT2D eigenvalue weighted by atomic mass is 9.96. The maximum absolute atomic E-state index is 6.67. The summed E-state index contributed by atoms with van der Waals surface area (Å²) in [6, 6.07) is 61.7. The van der Waals surface area contributed by atoms with Gasteiger partial charge in [0.15, 0.2) is 17.5 Å². The highest BCUT2D eigenvalue weighted by molar-refractivity contribution is 6.16. The zero-order valence-corrected chi connectivity index (χ0v) is 28.5. The second-order valence-electron chi connectivity index (χ2n) is 13.7. The van der Waals surface area contributed by atoms with Crippen LogP contribution >= 0.6 is 0 Å². The van der Waals surface area contributed by atoms with Crippen molar-refractivity contribution in [1.82, 2.24) is 15.0 Å². The van der Waals surface area contributed by atoms with Gasteiger partial charge in [-0.1, -0.05) is 140 Å². The number of nitrogens with zero attached hydrogens (tertiary/aromatic N) is 3. The topological polar surface area (TPSA) is 51.8 Å². The lowest BCUT2D eigenvalue weighted by molar-refractivity contribution is 0.669. The highest BCUT2D eigenvalue weighted by atomic mass is 16.3. The first kappa shape index (κ1) is 29.5. The molecule has 0 saturated carbocycles. The molecule has 0 amide bonds. The molecule has 0 aliphatic heterocycles. The van der Waals surface area contributed by atoms with Crippen LogP contribution in [0.1, 0.15) is 0 Å². The molecule has 4 nitrogen and oxygen atoms in total. The number of hydrogen-bond acceptors (Lipinski definition) is 4. The average molecular weight is 676 g/mol. The molecule has 11 aromatic rings. The van der Waals surface area contributed by atoms with Crippen LogP contribution in [0.25, 0.3) is 110 Å². The van der Waals surface area contributed by atoms with Gasteiger partial charge < -0.3 is 4.42 Å². The summed E-state index contributed by atoms with van der Waals surface area (Å²) in [7, 11) is 0. The number of furan rings is 1. The van der Waals surface area contributed by atoms with E-state index >= 15 is 0 Å². The number of rotatable bonds is 4. The van der Waals surface area contributed by atoms with E-state index in [4.69, 9.17) is 19.4 Å². The SMILES string of the molecule is c1ccc(-c2cc(-c3nc(-c4ccc5ccccc5c4)nc(-c4ccc5c(ccc6ccccc65)c4)n3)cc3oc4cc5ccccc5cc4c23)cc1. The molecular formula is C49H29N3O. The summed E-state index contributed by atoms with van der Waals surface area (Å²) in [4.78, 5) is 15.5. The third kappa shape index (κ3) is 4.95. The Morgan fingerprint density at radius 1 is 0.302 bits per heavy atom. The van der Waals surface area contributed by atoms with Gasteiger partial charge in [-0.15, -0.1) is 0 Å². The standard InChI is InChI=1S/C49H29N3O/c1-2-11-31(12-3-1)42-27-39(29-45-46(42)43-26-34-15-6-7-16-35(34)28-44(43)53-45)49-51-47(37-21-18-30-10-4-5-14-33(30)24-37)50-48(52-49)38-22-23-41-36(25-38)20-19-32-13-8-9-17-40(32)41/h1-29H. The molecule has 9 aromatic carbocycles. The highest BCUT2D eigenvalue weighted by Crippen LogP contribution is 2.41. The summed E-state index contributed by atoms with van der Waals surface area (Å²) in [5, 5.41) is 11.6. The Morgan fingerprint density at radius 2 is 0.849 bits per heavy atom. The Morgan fingerprint density at radius 3 is 1.62 bits per heavy atom. The lowest BCUT2D eigenvalue weighted by Crippen LogP contribution is -2.00. The largest absolute Gasteiger partial charge is 0.456 e. The zero-order valence-electron chi connectivity index (χ0n) is 28.5. The van der Waals surface area contributed by atoms with Crippen LogP contribution in [0.3, 0.4) is 0 Å². The van der Waals surface area contributed by atoms with E-state index in [0.717, 1.165) is 65.9 Å². The molecule has 0 aliphatic rings. The second kappa shape index (κ2) is 11.7. The monoisotopic (exact) mass is 675 g/mol. The molecule has 0 aliphatic carbocycles. The third-order valence-electron chi connectivity index (χ3n) is 10.4. The smallest absolute Gasteiger partial charge is 0.164 e. The summed E-state index contributed by atoms with van der Waals surface area (Å²) in [6.07, 6.45) is 0. The van der Waals surface area contributed by atoms with Crippen LogP contribution in [0.15, 0.2) is 180 Å². The van der Waals surface area contributed by atoms with Crippen molar-refractivity contribution >= 4 is 65.0 Å². The first-order chi connectivity index (χ1) is 26.2. The Hall–Kier alpha value is -7.17. The molecule has 0 unspecified atom stereocenters. The number of benzene rings is 9. The van der Waals surface area contributed by atoms with E-state index in [0.29, 0.717) is 17.5 Å². The minimum atomic E-state index is 0.585. The van der Waals surface area contributed by atoms with Crippen LogP contribution in [0, 0.1) is 0 Å². The van der Waals surface area contributed by atoms with E-state index in [-0.39, 0.29) is 0 Å². The fraction of sp³-hybridized carbons (Fsp3) is 0. The fourth-order valence-electron chi connectivity index (χ4n) is 7.81. The summed E-state index contributed by atoms with van der Waals surface area (Å²) in [6.45, 7) is 0. The van der Waals surface area contributed by atoms with Gasteiger partial charge in [0.2, 0.25) is 0 Å². The van der Waals surface area contributed by atoms with Crippen LogP contribution in [0.5, 0.6) is 0 Å². The summed E-state index contributed by atoms with van der Waals surface area (Å²) < 4.78 is 6.67. The summed E-state index contributed by atoms with van der Waals surface area (Å²) >= 11 is 0. The van der Waals surface area contributed by atoms with Gasteiger partial charge in [0.05, 0.1) is 0 Å². The molecule has 0 bridgehead atoms. The van der Waals surface area contributed by atoms with Gasteiger partial charge >= 0.3 is 0 Å². The molecule has 0 N–H and O–H groups in total. The maximum atomic E-state index is 6.67. The van der Waals surface area contributed by atoms with Crippen molar-refractivity contribution in [2.24, 2.45) is 0 Å². The van der Waals surface area contributed by atoms with Crippen molar-refractivity contribution in [3.05, 3.63) is 176 Å². The van der Waals surface area contributed by atoms with Gasteiger partial charge in [-0.05, 0) is 90.6 Å². The van der Waals surface area contributed by atoms with Crippen LogP contribution in [-0.4, -0.2) is 15.0 Å². The molecule has 0 atom stereocenters. The van der Waals surface area contributed by atoms with Crippen LogP contribution < -0.4 is 0 Å². The molecule has 246 valence electrons. The zero-order chi connectivity index (χ0) is 34.9. The molecular weight excluding hydrogens is 647 g/mol. The van der Waals surface area contributed by atoms with Crippen LogP contribution in [0.4, 0.5) is 0 Å². The van der Waals surface area contributed by atoms with Crippen LogP contribution in [-0.2, 0) is 0 Å². The Balaban J connectivity index is 1.16. The number of fused-ring (bicyclic) bond motifs is 8. The van der Waals surface area contributed by atoms with E-state index < -0.39 is 0 Å². The minimum absolute atomic E-state index is 0.585. The Kier molecular flexibility index (Phi) is 6.52. The van der Waals surface area contributed by atoms with E-state index in [1.54, 1.807) is 0 Å². The first-order valence-corrected chi connectivity index (χ1v) is 17.8. The molecule has 53 heavy (non-hydrogen) atoms. The van der Waals surface area contributed by atoms with Crippen LogP contribution in [0.2, 0.25) is 0 Å². The molecule has 0 saturated heterocycles. The van der Waals surface area contributed by atoms with Crippen molar-refractivity contribution in [1.29, 1.82) is 0 Å². The summed E-state index contributed by atoms with van der Waals surface area (Å²) in [5.74, 6) is 1.82. The van der Waals surface area contributed by atoms with Gasteiger partial charge in [-0.3, -0.25) is 0 Å². The predicted molar refractivity (Wildman–Crippen MR) is 219 cm³/mol. The Bertz CT molecular complexity index is 3240. The normalized spacial score (nSPS) is 11.8. The van der Waals surface area contributed by atoms with Gasteiger partial charge in [0.1, 0.15) is 11.2 Å². The van der Waals surface area contributed by atoms with Crippen molar-refractivity contribution in [2.45, 2.75) is 0 Å². The van der Waals surface area contributed by atoms with E-state index in [2.05, 4.69) is 170 Å². The molecule has 4 heteroatoms. The predicted octanol–water partition coefficient (Wildman–Crippen LogP) is 13.1. The first-order valence-electron chi connectivity index (χ1n) is 17.8. The average Bonchev–Trinajstić information content (AvgIpc) is 3.59. The third-order valence-corrected chi connectivity index (χ3v) is 10.4. The molecule has 0 spiro atoms. The van der Waals surface area contributed by atoms with E-state index in [1.165, 1.54) is 26.9 Å². The van der Waals surface area contributed by atoms with Gasteiger partial charge in [-0.25, -0.2) is 15.0 Å². The quantitative estimate of drug-likeness (QED) is 0.174. The fourth-order valence-corrected chi connectivity index (χ4v) is 7.81. The van der Waals surface area contributed by atoms with Crippen molar-refractivity contribution in [3.63, 3.8) is 0 Å². The van der Waals surface area contributed by atoms with Gasteiger partial charge in [0.25, 0.3) is 0 Å². The molecule has 0 fully saturated rings. The molecule has 2 aromatic heterocycles. The van der Waals surface area contributed by atoms with E-state index in [9.17, 15) is 0 Å².